The van der Waals surface area contributed by atoms with Crippen LogP contribution in [0.2, 0.25) is 0 Å². The van der Waals surface area contributed by atoms with Gasteiger partial charge in [-0.1, -0.05) is 20.8 Å². The van der Waals surface area contributed by atoms with Crippen LogP contribution < -0.4 is 0 Å². The van der Waals surface area contributed by atoms with Crippen molar-refractivity contribution in [1.29, 1.82) is 0 Å². The van der Waals surface area contributed by atoms with Crippen molar-refractivity contribution in [3.05, 3.63) is 0 Å². The molecule has 82 valence electrons. The van der Waals surface area contributed by atoms with E-state index in [2.05, 4.69) is 0 Å². The molecule has 0 radical (unpaired) electrons. The zero-order chi connectivity index (χ0) is 10.6. The monoisotopic (exact) mass is 200 g/mol. The molecule has 0 aliphatic carbocycles. The number of carbonyl (C=O) groups is 1. The average Bonchev–Trinajstić information content (AvgIpc) is 2.14. The van der Waals surface area contributed by atoms with Crippen molar-refractivity contribution in [3.63, 3.8) is 0 Å². The molecule has 0 N–H and O–H groups in total. The zero-order valence-electron chi connectivity index (χ0n) is 9.34. The van der Waals surface area contributed by atoms with Crippen LogP contribution in [0.3, 0.4) is 0 Å². The summed E-state index contributed by atoms with van der Waals surface area (Å²) < 4.78 is 10.7. The summed E-state index contributed by atoms with van der Waals surface area (Å²) in [5.41, 5.74) is -0.241. The highest BCUT2D eigenvalue weighted by atomic mass is 16.7. The van der Waals surface area contributed by atoms with E-state index in [1.165, 1.54) is 0 Å². The third-order valence-electron chi connectivity index (χ3n) is 2.34. The number of rotatable bonds is 3. The molecule has 0 aromatic heterocycles. The quantitative estimate of drug-likeness (QED) is 0.700. The maximum Gasteiger partial charge on any atom is 0.157 e. The third-order valence-corrected chi connectivity index (χ3v) is 2.34. The standard InChI is InChI=1S/C11H20O3/c1-11(2,3)9(12)5-6-10-13-7-4-8-14-10/h10H,4-8H2,1-3H3. The highest BCUT2D eigenvalue weighted by molar-refractivity contribution is 5.83. The molecule has 3 nitrogen and oxygen atoms in total. The van der Waals surface area contributed by atoms with Crippen LogP contribution in [0, 0.1) is 5.41 Å². The molecule has 0 atom stereocenters. The van der Waals surface area contributed by atoms with Gasteiger partial charge in [0.15, 0.2) is 6.29 Å². The first-order valence-electron chi connectivity index (χ1n) is 5.26. The van der Waals surface area contributed by atoms with Crippen molar-refractivity contribution in [2.75, 3.05) is 13.2 Å². The van der Waals surface area contributed by atoms with Gasteiger partial charge in [0.2, 0.25) is 0 Å². The Hall–Kier alpha value is -0.410. The van der Waals surface area contributed by atoms with Crippen LogP contribution >= 0.6 is 0 Å². The second-order valence-corrected chi connectivity index (χ2v) is 4.74. The molecule has 0 aromatic rings. The summed E-state index contributed by atoms with van der Waals surface area (Å²) in [4.78, 5) is 11.6. The molecular weight excluding hydrogens is 180 g/mol. The number of hydrogen-bond donors (Lipinski definition) is 0. The first-order valence-corrected chi connectivity index (χ1v) is 5.26. The van der Waals surface area contributed by atoms with Crippen molar-refractivity contribution in [1.82, 2.24) is 0 Å². The van der Waals surface area contributed by atoms with Gasteiger partial charge in [0.25, 0.3) is 0 Å². The van der Waals surface area contributed by atoms with Gasteiger partial charge < -0.3 is 9.47 Å². The molecule has 1 aliphatic heterocycles. The summed E-state index contributed by atoms with van der Waals surface area (Å²) in [7, 11) is 0. The molecule has 14 heavy (non-hydrogen) atoms. The van der Waals surface area contributed by atoms with E-state index in [1.54, 1.807) is 0 Å². The predicted octanol–water partition coefficient (Wildman–Crippen LogP) is 2.14. The Bertz CT molecular complexity index is 187. The van der Waals surface area contributed by atoms with Crippen molar-refractivity contribution < 1.29 is 14.3 Å². The fourth-order valence-electron chi connectivity index (χ4n) is 1.33. The summed E-state index contributed by atoms with van der Waals surface area (Å²) in [6.07, 6.45) is 2.05. The van der Waals surface area contributed by atoms with Gasteiger partial charge in [0.05, 0.1) is 13.2 Å². The molecular formula is C11H20O3. The Kier molecular flexibility index (Phi) is 4.08. The molecule has 1 saturated heterocycles. The van der Waals surface area contributed by atoms with Crippen LogP contribution in [0.25, 0.3) is 0 Å². The van der Waals surface area contributed by atoms with E-state index in [-0.39, 0.29) is 17.5 Å². The summed E-state index contributed by atoms with van der Waals surface area (Å²) in [5.74, 6) is 0.273. The van der Waals surface area contributed by atoms with Crippen molar-refractivity contribution in [2.45, 2.75) is 46.3 Å². The SMILES string of the molecule is CC(C)(C)C(=O)CCC1OCCCO1. The Labute approximate surface area is 85.8 Å². The van der Waals surface area contributed by atoms with E-state index in [9.17, 15) is 4.79 Å². The van der Waals surface area contributed by atoms with Crippen molar-refractivity contribution in [2.24, 2.45) is 5.41 Å². The van der Waals surface area contributed by atoms with E-state index in [1.807, 2.05) is 20.8 Å². The second kappa shape index (κ2) is 4.89. The minimum Gasteiger partial charge on any atom is -0.353 e. The third kappa shape index (κ3) is 3.76. The molecule has 0 amide bonds. The van der Waals surface area contributed by atoms with Gasteiger partial charge in [-0.15, -0.1) is 0 Å². The van der Waals surface area contributed by atoms with Gasteiger partial charge >= 0.3 is 0 Å². The molecule has 1 rings (SSSR count). The molecule has 3 heteroatoms. The molecule has 0 bridgehead atoms. The fourth-order valence-corrected chi connectivity index (χ4v) is 1.33. The molecule has 1 aliphatic rings. The number of carbonyl (C=O) groups excluding carboxylic acids is 1. The topological polar surface area (TPSA) is 35.5 Å². The first-order chi connectivity index (χ1) is 6.50. The summed E-state index contributed by atoms with van der Waals surface area (Å²) in [6, 6.07) is 0. The van der Waals surface area contributed by atoms with E-state index in [0.29, 0.717) is 12.8 Å². The first kappa shape index (κ1) is 11.7. The van der Waals surface area contributed by atoms with Crippen LogP contribution in [-0.2, 0) is 14.3 Å². The lowest BCUT2D eigenvalue weighted by atomic mass is 9.88. The minimum absolute atomic E-state index is 0.157. The van der Waals surface area contributed by atoms with Crippen LogP contribution in [-0.4, -0.2) is 25.3 Å². The van der Waals surface area contributed by atoms with Crippen LogP contribution in [0.5, 0.6) is 0 Å². The van der Waals surface area contributed by atoms with Gasteiger partial charge in [-0.2, -0.15) is 0 Å². The summed E-state index contributed by atoms with van der Waals surface area (Å²) in [6.45, 7) is 7.34. The fraction of sp³-hybridized carbons (Fsp3) is 0.909. The lowest BCUT2D eigenvalue weighted by Crippen LogP contribution is -2.27. The van der Waals surface area contributed by atoms with Crippen LogP contribution in [0.1, 0.15) is 40.0 Å². The maximum absolute atomic E-state index is 11.6. The van der Waals surface area contributed by atoms with E-state index < -0.39 is 0 Å². The van der Waals surface area contributed by atoms with Gasteiger partial charge in [0.1, 0.15) is 5.78 Å². The van der Waals surface area contributed by atoms with Crippen molar-refractivity contribution >= 4 is 5.78 Å². The Balaban J connectivity index is 2.22. The van der Waals surface area contributed by atoms with Crippen LogP contribution in [0.4, 0.5) is 0 Å². The lowest BCUT2D eigenvalue weighted by Gasteiger charge is -2.24. The molecule has 0 unspecified atom stereocenters. The number of hydrogen-bond acceptors (Lipinski definition) is 3. The van der Waals surface area contributed by atoms with E-state index in [4.69, 9.17) is 9.47 Å². The molecule has 0 saturated carbocycles. The van der Waals surface area contributed by atoms with E-state index in [0.717, 1.165) is 19.6 Å². The normalized spacial score (nSPS) is 19.6. The van der Waals surface area contributed by atoms with Crippen LogP contribution in [0.15, 0.2) is 0 Å². The number of ketones is 1. The Morgan fingerprint density at radius 1 is 1.29 bits per heavy atom. The molecule has 1 fully saturated rings. The molecule has 0 aromatic carbocycles. The highest BCUT2D eigenvalue weighted by Crippen LogP contribution is 2.20. The van der Waals surface area contributed by atoms with Crippen molar-refractivity contribution in [3.8, 4) is 0 Å². The Morgan fingerprint density at radius 2 is 1.86 bits per heavy atom. The lowest BCUT2D eigenvalue weighted by molar-refractivity contribution is -0.182. The molecule has 0 spiro atoms. The maximum atomic E-state index is 11.6. The second-order valence-electron chi connectivity index (χ2n) is 4.74. The number of ether oxygens (including phenoxy) is 2. The van der Waals surface area contributed by atoms with E-state index >= 15 is 0 Å². The smallest absolute Gasteiger partial charge is 0.157 e. The largest absolute Gasteiger partial charge is 0.353 e. The summed E-state index contributed by atoms with van der Waals surface area (Å²) >= 11 is 0. The van der Waals surface area contributed by atoms with Gasteiger partial charge in [-0.3, -0.25) is 4.79 Å². The predicted molar refractivity (Wildman–Crippen MR) is 54.0 cm³/mol. The van der Waals surface area contributed by atoms with Gasteiger partial charge in [0, 0.05) is 18.3 Å². The minimum atomic E-state index is -0.241. The number of Topliss-reactive ketones (excluding diaryl/α,β-unsaturated/α-hetero) is 1. The Morgan fingerprint density at radius 3 is 2.36 bits per heavy atom. The molecule has 1 heterocycles. The summed E-state index contributed by atoms with van der Waals surface area (Å²) in [5, 5.41) is 0. The van der Waals surface area contributed by atoms with Gasteiger partial charge in [-0.05, 0) is 6.42 Å². The zero-order valence-corrected chi connectivity index (χ0v) is 9.34. The highest BCUT2D eigenvalue weighted by Gasteiger charge is 2.23. The van der Waals surface area contributed by atoms with Gasteiger partial charge in [-0.25, -0.2) is 0 Å². The average molecular weight is 200 g/mol.